The number of hydrogen-bond acceptors (Lipinski definition) is 4. The van der Waals surface area contributed by atoms with Crippen LogP contribution in [0.15, 0.2) is 24.3 Å². The number of benzene rings is 1. The van der Waals surface area contributed by atoms with Crippen molar-refractivity contribution in [3.05, 3.63) is 30.0 Å². The van der Waals surface area contributed by atoms with Crippen LogP contribution in [0, 0.1) is 6.92 Å². The van der Waals surface area contributed by atoms with E-state index >= 15 is 0 Å². The molecule has 1 aliphatic heterocycles. The van der Waals surface area contributed by atoms with E-state index in [0.717, 1.165) is 47.4 Å². The summed E-state index contributed by atoms with van der Waals surface area (Å²) in [6.45, 7) is 2.70. The molecule has 1 aromatic heterocycles. The maximum absolute atomic E-state index is 11.6. The van der Waals surface area contributed by atoms with E-state index in [9.17, 15) is 9.90 Å². The quantitative estimate of drug-likeness (QED) is 0.912. The fourth-order valence-electron chi connectivity index (χ4n) is 3.26. The van der Waals surface area contributed by atoms with Gasteiger partial charge < -0.3 is 15.3 Å². The molecule has 1 atom stereocenters. The zero-order valence-electron chi connectivity index (χ0n) is 13.0. The summed E-state index contributed by atoms with van der Waals surface area (Å²) in [5.41, 5.74) is 1.94. The topological polar surface area (TPSA) is 65.5 Å². The minimum atomic E-state index is -0.763. The second kappa shape index (κ2) is 5.83. The summed E-state index contributed by atoms with van der Waals surface area (Å²) >= 11 is 0. The van der Waals surface area contributed by atoms with Gasteiger partial charge in [-0.15, -0.1) is 0 Å². The Bertz CT molecular complexity index is 714. The third-order valence-corrected chi connectivity index (χ3v) is 4.31. The number of carbonyl (C=O) groups is 1. The molecule has 0 amide bonds. The Balaban J connectivity index is 2.19. The van der Waals surface area contributed by atoms with Crippen molar-refractivity contribution in [1.82, 2.24) is 4.98 Å². The van der Waals surface area contributed by atoms with Gasteiger partial charge in [0.05, 0.1) is 0 Å². The molecule has 0 radical (unpaired) electrons. The Morgan fingerprint density at radius 1 is 1.36 bits per heavy atom. The number of carboxylic acids is 1. The first-order valence-electron chi connectivity index (χ1n) is 7.69. The van der Waals surface area contributed by atoms with Crippen LogP contribution in [0.1, 0.15) is 25.0 Å². The Hall–Kier alpha value is -2.30. The number of nitrogens with zero attached hydrogens (tertiary/aromatic N) is 2. The lowest BCUT2D eigenvalue weighted by molar-refractivity contribution is -0.139. The van der Waals surface area contributed by atoms with Gasteiger partial charge in [-0.25, -0.2) is 9.78 Å². The molecular weight excluding hydrogens is 278 g/mol. The van der Waals surface area contributed by atoms with E-state index in [0.29, 0.717) is 6.42 Å². The van der Waals surface area contributed by atoms with E-state index in [-0.39, 0.29) is 0 Å². The molecule has 1 aliphatic rings. The van der Waals surface area contributed by atoms with Crippen LogP contribution in [-0.2, 0) is 4.79 Å². The summed E-state index contributed by atoms with van der Waals surface area (Å²) in [5.74, 6) is 0.0279. The number of nitrogens with one attached hydrogen (secondary N) is 1. The summed E-state index contributed by atoms with van der Waals surface area (Å²) in [6, 6.07) is 7.59. The molecule has 1 fully saturated rings. The van der Waals surface area contributed by atoms with Gasteiger partial charge in [-0.3, -0.25) is 0 Å². The summed E-state index contributed by atoms with van der Waals surface area (Å²) < 4.78 is 0. The van der Waals surface area contributed by atoms with Gasteiger partial charge in [-0.05, 0) is 38.3 Å². The van der Waals surface area contributed by atoms with Gasteiger partial charge in [-0.1, -0.05) is 12.1 Å². The van der Waals surface area contributed by atoms with Crippen LogP contribution in [-0.4, -0.2) is 35.7 Å². The lowest BCUT2D eigenvalue weighted by Gasteiger charge is -2.34. The second-order valence-corrected chi connectivity index (χ2v) is 5.78. The maximum Gasteiger partial charge on any atom is 0.326 e. The van der Waals surface area contributed by atoms with E-state index in [4.69, 9.17) is 0 Å². The SMILES string of the molecule is CNc1cccc2c(N3CCCCC3C(=O)O)nc(C)cc12. The molecule has 3 rings (SSSR count). The highest BCUT2D eigenvalue weighted by atomic mass is 16.4. The predicted molar refractivity (Wildman–Crippen MR) is 88.6 cm³/mol. The monoisotopic (exact) mass is 299 g/mol. The summed E-state index contributed by atoms with van der Waals surface area (Å²) in [7, 11) is 1.89. The second-order valence-electron chi connectivity index (χ2n) is 5.78. The maximum atomic E-state index is 11.6. The first-order valence-corrected chi connectivity index (χ1v) is 7.69. The number of piperidine rings is 1. The molecular formula is C17H21N3O2. The number of aromatic nitrogens is 1. The van der Waals surface area contributed by atoms with Crippen molar-refractivity contribution in [2.45, 2.75) is 32.2 Å². The lowest BCUT2D eigenvalue weighted by atomic mass is 10.0. The number of pyridine rings is 1. The van der Waals surface area contributed by atoms with Crippen LogP contribution < -0.4 is 10.2 Å². The molecule has 0 bridgehead atoms. The summed E-state index contributed by atoms with van der Waals surface area (Å²) in [5, 5.41) is 14.8. The van der Waals surface area contributed by atoms with E-state index in [1.165, 1.54) is 0 Å². The van der Waals surface area contributed by atoms with Crippen molar-refractivity contribution in [3.63, 3.8) is 0 Å². The predicted octanol–water partition coefficient (Wildman–Crippen LogP) is 3.03. The van der Waals surface area contributed by atoms with Gasteiger partial charge in [0.25, 0.3) is 0 Å². The molecule has 2 heterocycles. The third kappa shape index (κ3) is 2.47. The lowest BCUT2D eigenvalue weighted by Crippen LogP contribution is -2.45. The van der Waals surface area contributed by atoms with Crippen molar-refractivity contribution in [3.8, 4) is 0 Å². The molecule has 5 nitrogen and oxygen atoms in total. The summed E-state index contributed by atoms with van der Waals surface area (Å²) in [4.78, 5) is 18.2. The van der Waals surface area contributed by atoms with Gasteiger partial charge in [-0.2, -0.15) is 0 Å². The van der Waals surface area contributed by atoms with Gasteiger partial charge in [0, 0.05) is 35.7 Å². The fourth-order valence-corrected chi connectivity index (χ4v) is 3.26. The molecule has 2 N–H and O–H groups in total. The number of carboxylic acid groups (broad SMARTS) is 1. The van der Waals surface area contributed by atoms with Gasteiger partial charge >= 0.3 is 5.97 Å². The zero-order chi connectivity index (χ0) is 15.7. The Morgan fingerprint density at radius 3 is 2.91 bits per heavy atom. The molecule has 5 heteroatoms. The molecule has 22 heavy (non-hydrogen) atoms. The fraction of sp³-hybridized carbons (Fsp3) is 0.412. The van der Waals surface area contributed by atoms with E-state index in [2.05, 4.69) is 10.3 Å². The van der Waals surface area contributed by atoms with Crippen LogP contribution in [0.2, 0.25) is 0 Å². The van der Waals surface area contributed by atoms with Crippen molar-refractivity contribution < 1.29 is 9.90 Å². The minimum absolute atomic E-state index is 0.482. The Morgan fingerprint density at radius 2 is 2.18 bits per heavy atom. The Kier molecular flexibility index (Phi) is 3.88. The molecule has 1 saturated heterocycles. The highest BCUT2D eigenvalue weighted by molar-refractivity contribution is 6.01. The molecule has 0 saturated carbocycles. The Labute approximate surface area is 130 Å². The first kappa shape index (κ1) is 14.6. The van der Waals surface area contributed by atoms with Gasteiger partial charge in [0.1, 0.15) is 11.9 Å². The van der Waals surface area contributed by atoms with Gasteiger partial charge in [0.2, 0.25) is 0 Å². The average molecular weight is 299 g/mol. The van der Waals surface area contributed by atoms with Crippen molar-refractivity contribution in [1.29, 1.82) is 0 Å². The molecule has 2 aromatic rings. The molecule has 116 valence electrons. The smallest absolute Gasteiger partial charge is 0.326 e. The van der Waals surface area contributed by atoms with E-state index in [1.807, 2.05) is 43.1 Å². The largest absolute Gasteiger partial charge is 0.480 e. The average Bonchev–Trinajstić information content (AvgIpc) is 2.53. The van der Waals surface area contributed by atoms with E-state index < -0.39 is 12.0 Å². The molecule has 0 spiro atoms. The number of hydrogen-bond donors (Lipinski definition) is 2. The zero-order valence-corrected chi connectivity index (χ0v) is 13.0. The molecule has 0 aliphatic carbocycles. The minimum Gasteiger partial charge on any atom is -0.480 e. The standard InChI is InChI=1S/C17H21N3O2/c1-11-10-13-12(6-5-7-14(13)18-2)16(19-11)20-9-4-3-8-15(20)17(21)22/h5-7,10,15,18H,3-4,8-9H2,1-2H3,(H,21,22). The van der Waals surface area contributed by atoms with Crippen LogP contribution >= 0.6 is 0 Å². The number of rotatable bonds is 3. The summed E-state index contributed by atoms with van der Waals surface area (Å²) in [6.07, 6.45) is 2.64. The third-order valence-electron chi connectivity index (χ3n) is 4.31. The van der Waals surface area contributed by atoms with Crippen LogP contribution in [0.3, 0.4) is 0 Å². The highest BCUT2D eigenvalue weighted by Crippen LogP contribution is 2.33. The molecule has 1 unspecified atom stereocenters. The number of fused-ring (bicyclic) bond motifs is 1. The highest BCUT2D eigenvalue weighted by Gasteiger charge is 2.30. The van der Waals surface area contributed by atoms with E-state index in [1.54, 1.807) is 0 Å². The number of aryl methyl sites for hydroxylation is 1. The number of aliphatic carboxylic acids is 1. The number of anilines is 2. The normalized spacial score (nSPS) is 18.5. The van der Waals surface area contributed by atoms with Crippen molar-refractivity contribution >= 4 is 28.2 Å². The van der Waals surface area contributed by atoms with Crippen molar-refractivity contribution in [2.24, 2.45) is 0 Å². The van der Waals surface area contributed by atoms with Gasteiger partial charge in [0.15, 0.2) is 0 Å². The molecule has 1 aromatic carbocycles. The van der Waals surface area contributed by atoms with Crippen LogP contribution in [0.5, 0.6) is 0 Å². The van der Waals surface area contributed by atoms with Crippen LogP contribution in [0.25, 0.3) is 10.8 Å². The van der Waals surface area contributed by atoms with Crippen LogP contribution in [0.4, 0.5) is 11.5 Å². The first-order chi connectivity index (χ1) is 10.6. The van der Waals surface area contributed by atoms with Crippen molar-refractivity contribution in [2.75, 3.05) is 23.8 Å².